The molecule has 1 fully saturated rings. The number of hydrogen-bond donors (Lipinski definition) is 3. The van der Waals surface area contributed by atoms with Crippen LogP contribution < -0.4 is 10.5 Å². The van der Waals surface area contributed by atoms with E-state index in [2.05, 4.69) is 4.98 Å². The Morgan fingerprint density at radius 1 is 1.21 bits per heavy atom. The monoisotopic (exact) mass is 498 g/mol. The standard InChI is InChI=1S/C25H24Cl2N4O3/c1-14(23-20(26)11-30-12-21(23)27)34-18-5-6-22(28)19(10-18)24(29)15-3-2-4-16(9-15)25(33)31-8-7-17(32)13-31/h2-6,9-12,14,17,29,32H,7-8,13,28H2,1H3/t14-,17+/m1/s1. The van der Waals surface area contributed by atoms with Crippen LogP contribution in [0.2, 0.25) is 10.0 Å². The molecule has 1 saturated heterocycles. The maximum absolute atomic E-state index is 12.8. The largest absolute Gasteiger partial charge is 0.486 e. The summed E-state index contributed by atoms with van der Waals surface area (Å²) in [7, 11) is 0. The molecule has 1 amide bonds. The highest BCUT2D eigenvalue weighted by molar-refractivity contribution is 6.35. The summed E-state index contributed by atoms with van der Waals surface area (Å²) >= 11 is 12.5. The van der Waals surface area contributed by atoms with Gasteiger partial charge in [-0.25, -0.2) is 0 Å². The van der Waals surface area contributed by atoms with Gasteiger partial charge in [0.2, 0.25) is 0 Å². The third-order valence-electron chi connectivity index (χ3n) is 5.75. The predicted octanol–water partition coefficient (Wildman–Crippen LogP) is 4.73. The van der Waals surface area contributed by atoms with Crippen molar-refractivity contribution in [3.63, 3.8) is 0 Å². The van der Waals surface area contributed by atoms with E-state index in [9.17, 15) is 9.90 Å². The Kier molecular flexibility index (Phi) is 7.07. The first-order chi connectivity index (χ1) is 16.2. The predicted molar refractivity (Wildman–Crippen MR) is 133 cm³/mol. The molecule has 2 atom stereocenters. The number of pyridine rings is 1. The zero-order chi connectivity index (χ0) is 24.4. The van der Waals surface area contributed by atoms with E-state index in [1.54, 1.807) is 47.4 Å². The number of anilines is 1. The van der Waals surface area contributed by atoms with Crippen LogP contribution in [0.4, 0.5) is 5.69 Å². The highest BCUT2D eigenvalue weighted by Gasteiger charge is 2.26. The van der Waals surface area contributed by atoms with Gasteiger partial charge in [-0.15, -0.1) is 0 Å². The van der Waals surface area contributed by atoms with E-state index in [0.29, 0.717) is 63.2 Å². The average Bonchev–Trinajstić information content (AvgIpc) is 3.25. The Balaban J connectivity index is 1.57. The fourth-order valence-electron chi connectivity index (χ4n) is 3.97. The first kappa shape index (κ1) is 24.0. The first-order valence-corrected chi connectivity index (χ1v) is 11.5. The lowest BCUT2D eigenvalue weighted by Crippen LogP contribution is -2.29. The number of nitrogen functional groups attached to an aromatic ring is 1. The first-order valence-electron chi connectivity index (χ1n) is 10.8. The molecule has 4 rings (SSSR count). The number of halogens is 2. The molecular formula is C25H24Cl2N4O3. The molecule has 1 aliphatic heterocycles. The molecule has 2 aromatic carbocycles. The Hall–Kier alpha value is -3.13. The van der Waals surface area contributed by atoms with E-state index in [-0.39, 0.29) is 11.6 Å². The third-order valence-corrected chi connectivity index (χ3v) is 6.36. The molecule has 0 spiro atoms. The minimum Gasteiger partial charge on any atom is -0.486 e. The number of β-amino-alcohol motifs (C(OH)–C–C–N with tert-alkyl or cyclic N) is 1. The van der Waals surface area contributed by atoms with E-state index in [0.717, 1.165) is 0 Å². The van der Waals surface area contributed by atoms with Crippen LogP contribution in [0.1, 0.15) is 46.5 Å². The van der Waals surface area contributed by atoms with Crippen LogP contribution in [0.25, 0.3) is 0 Å². The molecule has 3 aromatic rings. The Morgan fingerprint density at radius 3 is 2.59 bits per heavy atom. The Morgan fingerprint density at radius 2 is 1.91 bits per heavy atom. The molecule has 0 saturated carbocycles. The summed E-state index contributed by atoms with van der Waals surface area (Å²) in [6.45, 7) is 2.65. The summed E-state index contributed by atoms with van der Waals surface area (Å²) in [6.07, 6.45) is 2.62. The lowest BCUT2D eigenvalue weighted by atomic mass is 9.98. The Labute approximate surface area is 207 Å². The maximum atomic E-state index is 12.8. The molecule has 7 nitrogen and oxygen atoms in total. The lowest BCUT2D eigenvalue weighted by molar-refractivity contribution is 0.0765. The summed E-state index contributed by atoms with van der Waals surface area (Å²) in [4.78, 5) is 18.4. The topological polar surface area (TPSA) is 113 Å². The van der Waals surface area contributed by atoms with Gasteiger partial charge in [-0.1, -0.05) is 35.3 Å². The summed E-state index contributed by atoms with van der Waals surface area (Å²) in [5, 5.41) is 19.3. The summed E-state index contributed by atoms with van der Waals surface area (Å²) < 4.78 is 6.05. The second-order valence-corrected chi connectivity index (χ2v) is 8.99. The van der Waals surface area contributed by atoms with Crippen molar-refractivity contribution in [3.05, 3.63) is 87.2 Å². The second-order valence-electron chi connectivity index (χ2n) is 8.18. The summed E-state index contributed by atoms with van der Waals surface area (Å²) in [5.41, 5.74) is 8.83. The zero-order valence-corrected chi connectivity index (χ0v) is 20.0. The molecule has 4 N–H and O–H groups in total. The number of amides is 1. The number of aliphatic hydroxyl groups excluding tert-OH is 1. The van der Waals surface area contributed by atoms with Gasteiger partial charge in [0.1, 0.15) is 11.9 Å². The van der Waals surface area contributed by atoms with Gasteiger partial charge in [-0.2, -0.15) is 0 Å². The van der Waals surface area contributed by atoms with Crippen LogP contribution in [-0.4, -0.2) is 45.8 Å². The SMILES string of the molecule is C[C@@H](Oc1ccc(N)c(C(=N)c2cccc(C(=O)N3CC[C@H](O)C3)c2)c1)c1c(Cl)cncc1Cl. The van der Waals surface area contributed by atoms with Crippen molar-refractivity contribution in [2.75, 3.05) is 18.8 Å². The van der Waals surface area contributed by atoms with E-state index in [4.69, 9.17) is 39.1 Å². The van der Waals surface area contributed by atoms with Crippen molar-refractivity contribution in [1.29, 1.82) is 5.41 Å². The third kappa shape index (κ3) is 5.01. The molecule has 34 heavy (non-hydrogen) atoms. The van der Waals surface area contributed by atoms with Gasteiger partial charge in [-0.05, 0) is 43.7 Å². The van der Waals surface area contributed by atoms with Crippen molar-refractivity contribution >= 4 is 40.5 Å². The minimum absolute atomic E-state index is 0.159. The second kappa shape index (κ2) is 10.0. The van der Waals surface area contributed by atoms with Gasteiger partial charge in [0.25, 0.3) is 5.91 Å². The minimum atomic E-state index is -0.493. The van der Waals surface area contributed by atoms with Crippen LogP contribution in [-0.2, 0) is 0 Å². The van der Waals surface area contributed by atoms with Gasteiger partial charge in [0, 0.05) is 53.4 Å². The number of carbonyl (C=O) groups excluding carboxylic acids is 1. The summed E-state index contributed by atoms with van der Waals surface area (Å²) in [6, 6.07) is 11.9. The molecule has 1 aliphatic rings. The average molecular weight is 499 g/mol. The number of nitrogens with one attached hydrogen (secondary N) is 1. The van der Waals surface area contributed by atoms with Crippen LogP contribution in [0.15, 0.2) is 54.9 Å². The van der Waals surface area contributed by atoms with E-state index < -0.39 is 12.2 Å². The van der Waals surface area contributed by atoms with E-state index >= 15 is 0 Å². The van der Waals surface area contributed by atoms with Crippen molar-refractivity contribution < 1.29 is 14.6 Å². The van der Waals surface area contributed by atoms with Gasteiger partial charge in [-0.3, -0.25) is 15.2 Å². The number of rotatable bonds is 6. The van der Waals surface area contributed by atoms with Crippen LogP contribution in [0, 0.1) is 5.41 Å². The molecule has 2 heterocycles. The van der Waals surface area contributed by atoms with Gasteiger partial charge >= 0.3 is 0 Å². The van der Waals surface area contributed by atoms with Crippen molar-refractivity contribution in [2.45, 2.75) is 25.6 Å². The lowest BCUT2D eigenvalue weighted by Gasteiger charge is -2.19. The Bertz CT molecular complexity index is 1230. The van der Waals surface area contributed by atoms with Gasteiger partial charge in [0.05, 0.1) is 21.9 Å². The molecule has 9 heteroatoms. The fourth-order valence-corrected chi connectivity index (χ4v) is 4.64. The van der Waals surface area contributed by atoms with E-state index in [1.165, 1.54) is 12.4 Å². The number of aromatic nitrogens is 1. The number of carbonyl (C=O) groups is 1. The smallest absolute Gasteiger partial charge is 0.253 e. The van der Waals surface area contributed by atoms with Crippen molar-refractivity contribution in [3.8, 4) is 5.75 Å². The van der Waals surface area contributed by atoms with Crippen molar-refractivity contribution in [2.24, 2.45) is 0 Å². The number of ether oxygens (including phenoxy) is 1. The molecule has 0 bridgehead atoms. The van der Waals surface area contributed by atoms with Crippen molar-refractivity contribution in [1.82, 2.24) is 9.88 Å². The number of nitrogens with two attached hydrogens (primary N) is 1. The molecule has 1 aromatic heterocycles. The zero-order valence-electron chi connectivity index (χ0n) is 18.5. The number of aliphatic hydroxyl groups is 1. The van der Waals surface area contributed by atoms with Crippen LogP contribution >= 0.6 is 23.2 Å². The number of likely N-dealkylation sites (tertiary alicyclic amines) is 1. The van der Waals surface area contributed by atoms with Crippen LogP contribution in [0.3, 0.4) is 0 Å². The van der Waals surface area contributed by atoms with Gasteiger partial charge in [0.15, 0.2) is 0 Å². The van der Waals surface area contributed by atoms with Gasteiger partial charge < -0.3 is 20.5 Å². The molecule has 0 radical (unpaired) electrons. The summed E-state index contributed by atoms with van der Waals surface area (Å²) in [5.74, 6) is 0.319. The number of nitrogens with zero attached hydrogens (tertiary/aromatic N) is 2. The molecule has 0 unspecified atom stereocenters. The maximum Gasteiger partial charge on any atom is 0.253 e. The normalized spacial score (nSPS) is 16.4. The highest BCUT2D eigenvalue weighted by atomic mass is 35.5. The highest BCUT2D eigenvalue weighted by Crippen LogP contribution is 2.33. The van der Waals surface area contributed by atoms with Crippen LogP contribution in [0.5, 0.6) is 5.75 Å². The quantitative estimate of drug-likeness (QED) is 0.335. The number of hydrogen-bond acceptors (Lipinski definition) is 6. The number of benzene rings is 2. The molecule has 0 aliphatic carbocycles. The van der Waals surface area contributed by atoms with E-state index in [1.807, 2.05) is 6.92 Å². The molecular weight excluding hydrogens is 475 g/mol. The fraction of sp³-hybridized carbons (Fsp3) is 0.240. The molecule has 176 valence electrons.